The van der Waals surface area contributed by atoms with E-state index in [4.69, 9.17) is 14.2 Å². The quantitative estimate of drug-likeness (QED) is 0.0989. The zero-order valence-corrected chi connectivity index (χ0v) is 30.6. The van der Waals surface area contributed by atoms with Crippen LogP contribution in [0.1, 0.15) is 66.8 Å². The Hall–Kier alpha value is -5.25. The monoisotopic (exact) mass is 723 g/mol. The van der Waals surface area contributed by atoms with E-state index in [1.54, 1.807) is 0 Å². The molecule has 0 unspecified atom stereocenters. The summed E-state index contributed by atoms with van der Waals surface area (Å²) >= 11 is 0. The maximum absolute atomic E-state index is 12.7. The lowest BCUT2D eigenvalue weighted by Gasteiger charge is -2.39. The predicted molar refractivity (Wildman–Crippen MR) is 213 cm³/mol. The molecule has 3 atom stereocenters. The Balaban J connectivity index is 0.983. The van der Waals surface area contributed by atoms with Crippen molar-refractivity contribution in [2.75, 3.05) is 18.4 Å². The molecule has 0 bridgehead atoms. The zero-order chi connectivity index (χ0) is 37.1. The number of rotatable bonds is 14. The Morgan fingerprint density at radius 3 is 2.24 bits per heavy atom. The fourth-order valence-electron chi connectivity index (χ4n) is 7.38. The molecule has 1 saturated heterocycles. The highest BCUT2D eigenvalue weighted by molar-refractivity contribution is 5.89. The second-order valence-corrected chi connectivity index (χ2v) is 14.1. The van der Waals surface area contributed by atoms with E-state index in [1.807, 2.05) is 84.9 Å². The van der Waals surface area contributed by atoms with E-state index >= 15 is 0 Å². The van der Waals surface area contributed by atoms with Crippen LogP contribution in [0.5, 0.6) is 11.5 Å². The van der Waals surface area contributed by atoms with Gasteiger partial charge in [-0.05, 0) is 83.1 Å². The normalized spacial score (nSPS) is 18.7. The van der Waals surface area contributed by atoms with Gasteiger partial charge in [0.25, 0.3) is 0 Å². The Labute approximate surface area is 318 Å². The van der Waals surface area contributed by atoms with Gasteiger partial charge in [-0.3, -0.25) is 4.90 Å². The van der Waals surface area contributed by atoms with Gasteiger partial charge in [0.2, 0.25) is 0 Å². The molecular formula is C46H49N3O5. The summed E-state index contributed by atoms with van der Waals surface area (Å²) in [5, 5.41) is 15.5. The molecule has 0 spiro atoms. The highest BCUT2D eigenvalue weighted by Gasteiger charge is 2.34. The molecule has 1 saturated carbocycles. The molecule has 0 radical (unpaired) electrons. The molecule has 3 N–H and O–H groups in total. The van der Waals surface area contributed by atoms with E-state index in [0.717, 1.165) is 58.6 Å². The van der Waals surface area contributed by atoms with Gasteiger partial charge in [-0.25, -0.2) is 4.79 Å². The van der Waals surface area contributed by atoms with Gasteiger partial charge in [-0.1, -0.05) is 104 Å². The average molecular weight is 724 g/mol. The summed E-state index contributed by atoms with van der Waals surface area (Å²) < 4.78 is 19.2. The molecule has 1 heterocycles. The highest BCUT2D eigenvalue weighted by Crippen LogP contribution is 2.39. The van der Waals surface area contributed by atoms with Crippen molar-refractivity contribution in [3.05, 3.63) is 162 Å². The predicted octanol–water partition coefficient (Wildman–Crippen LogP) is 9.94. The molecule has 5 aromatic rings. The third kappa shape index (κ3) is 9.83. The topological polar surface area (TPSA) is 92.3 Å². The van der Waals surface area contributed by atoms with Crippen molar-refractivity contribution in [3.63, 3.8) is 0 Å². The van der Waals surface area contributed by atoms with Crippen LogP contribution in [0.15, 0.2) is 140 Å². The number of benzene rings is 5. The summed E-state index contributed by atoms with van der Waals surface area (Å²) in [5.74, 6) is 1.45. The van der Waals surface area contributed by atoms with Crippen LogP contribution < -0.4 is 15.4 Å². The number of hydrogen-bond acceptors (Lipinski definition) is 6. The number of ether oxygens (including phenoxy) is 3. The van der Waals surface area contributed by atoms with Gasteiger partial charge in [-0.2, -0.15) is 0 Å². The summed E-state index contributed by atoms with van der Waals surface area (Å²) in [6.45, 7) is 6.10. The van der Waals surface area contributed by atoms with Gasteiger partial charge >= 0.3 is 6.03 Å². The van der Waals surface area contributed by atoms with Gasteiger partial charge in [0.05, 0.1) is 18.8 Å². The van der Waals surface area contributed by atoms with E-state index in [0.29, 0.717) is 24.0 Å². The molecule has 8 heteroatoms. The lowest BCUT2D eigenvalue weighted by Crippen LogP contribution is -2.43. The van der Waals surface area contributed by atoms with Crippen molar-refractivity contribution < 1.29 is 24.1 Å². The third-order valence-electron chi connectivity index (χ3n) is 10.2. The number of amides is 2. The molecular weight excluding hydrogens is 675 g/mol. The van der Waals surface area contributed by atoms with E-state index in [-0.39, 0.29) is 24.8 Å². The minimum absolute atomic E-state index is 0.0131. The Kier molecular flexibility index (Phi) is 12.5. The van der Waals surface area contributed by atoms with Gasteiger partial charge in [0.1, 0.15) is 11.5 Å². The minimum atomic E-state index is -0.517. The molecule has 2 fully saturated rings. The van der Waals surface area contributed by atoms with Gasteiger partial charge in [0, 0.05) is 43.3 Å². The molecule has 5 aromatic carbocycles. The second kappa shape index (κ2) is 18.2. The van der Waals surface area contributed by atoms with Crippen molar-refractivity contribution in [1.29, 1.82) is 0 Å². The first-order valence-electron chi connectivity index (χ1n) is 19.0. The lowest BCUT2D eigenvalue weighted by atomic mass is 9.98. The van der Waals surface area contributed by atoms with Crippen molar-refractivity contribution in [1.82, 2.24) is 10.2 Å². The molecule has 1 aliphatic heterocycles. The summed E-state index contributed by atoms with van der Waals surface area (Å²) in [6.07, 6.45) is 7.08. The number of carbonyl (C=O) groups excluding carboxylic acids is 1. The Morgan fingerprint density at radius 1 is 0.796 bits per heavy atom. The molecule has 7 rings (SSSR count). The molecule has 2 aliphatic rings. The van der Waals surface area contributed by atoms with Gasteiger partial charge in [0.15, 0.2) is 6.29 Å². The van der Waals surface area contributed by atoms with Crippen molar-refractivity contribution in [3.8, 4) is 22.6 Å². The number of aliphatic hydroxyl groups is 1. The highest BCUT2D eigenvalue weighted by atomic mass is 16.7. The smallest absolute Gasteiger partial charge is 0.319 e. The Morgan fingerprint density at radius 2 is 1.52 bits per heavy atom. The van der Waals surface area contributed by atoms with Crippen LogP contribution >= 0.6 is 0 Å². The lowest BCUT2D eigenvalue weighted by molar-refractivity contribution is -0.253. The summed E-state index contributed by atoms with van der Waals surface area (Å²) in [7, 11) is 0. The number of aliphatic hydroxyl groups excluding tert-OH is 1. The van der Waals surface area contributed by atoms with Gasteiger partial charge < -0.3 is 30.0 Å². The summed E-state index contributed by atoms with van der Waals surface area (Å²) in [6, 6.07) is 41.7. The van der Waals surface area contributed by atoms with E-state index in [9.17, 15) is 9.90 Å². The summed E-state index contributed by atoms with van der Waals surface area (Å²) in [4.78, 5) is 15.3. The zero-order valence-electron chi connectivity index (χ0n) is 30.6. The summed E-state index contributed by atoms with van der Waals surface area (Å²) in [5.41, 5.74) is 6.71. The number of hydrogen-bond donors (Lipinski definition) is 3. The molecule has 1 aliphatic carbocycles. The van der Waals surface area contributed by atoms with Crippen LogP contribution in [-0.4, -0.2) is 41.3 Å². The minimum Gasteiger partial charge on any atom is -0.457 e. The van der Waals surface area contributed by atoms with Crippen LogP contribution in [-0.2, 0) is 22.6 Å². The third-order valence-corrected chi connectivity index (χ3v) is 10.2. The number of para-hydroxylation sites is 1. The fraction of sp³-hybridized carbons (Fsp3) is 0.283. The molecule has 0 aromatic heterocycles. The van der Waals surface area contributed by atoms with Crippen molar-refractivity contribution in [2.45, 2.75) is 69.8 Å². The van der Waals surface area contributed by atoms with Crippen LogP contribution in [0.4, 0.5) is 10.5 Å². The maximum atomic E-state index is 12.7. The fourth-order valence-corrected chi connectivity index (χ4v) is 7.38. The first kappa shape index (κ1) is 37.1. The van der Waals surface area contributed by atoms with Crippen LogP contribution in [0.25, 0.3) is 11.1 Å². The van der Waals surface area contributed by atoms with E-state index in [2.05, 4.69) is 70.6 Å². The number of nitrogens with one attached hydrogen (secondary N) is 2. The van der Waals surface area contributed by atoms with Gasteiger partial charge in [-0.15, -0.1) is 6.58 Å². The van der Waals surface area contributed by atoms with Crippen molar-refractivity contribution in [2.24, 2.45) is 0 Å². The molecule has 278 valence electrons. The van der Waals surface area contributed by atoms with Crippen molar-refractivity contribution >= 4 is 11.7 Å². The number of anilines is 1. The second-order valence-electron chi connectivity index (χ2n) is 14.1. The van der Waals surface area contributed by atoms with Crippen LogP contribution in [0, 0.1) is 0 Å². The van der Waals surface area contributed by atoms with E-state index in [1.165, 1.54) is 25.7 Å². The average Bonchev–Trinajstić information content (AvgIpc) is 3.77. The first-order chi connectivity index (χ1) is 26.5. The van der Waals surface area contributed by atoms with Crippen LogP contribution in [0.3, 0.4) is 0 Å². The number of nitrogens with zero attached hydrogens (tertiary/aromatic N) is 1. The molecule has 54 heavy (non-hydrogen) atoms. The van der Waals surface area contributed by atoms with E-state index < -0.39 is 6.29 Å². The molecule has 8 nitrogen and oxygen atoms in total. The Bertz CT molecular complexity index is 1940. The standard InChI is InChI=1S/C46H49N3O5/c1-2-27-49(40-11-6-7-12-40)31-43-29-44(36-17-15-33(32-50)16-18-36)54-45(53-43)37-21-19-35(20-22-37)38-10-8-9-34(28-38)30-47-46(51)48-39-23-25-42(26-24-39)52-41-13-4-3-5-14-41/h2-5,8-10,13-26,28,40,43-45,50H,1,6-7,11-12,27,29-32H2,(H2,47,48,51)/t43-,44+,45+/m0/s1. The SMILES string of the molecule is C=CCN(C[C@@H]1C[C@H](c2ccc(CO)cc2)O[C@H](c2ccc(-c3cccc(CNC(=O)Nc4ccc(Oc5ccccc5)cc4)c3)cc2)O1)C1CCCC1. The molecule has 2 amide bonds. The maximum Gasteiger partial charge on any atom is 0.319 e. The number of carbonyl (C=O) groups is 1. The number of urea groups is 1. The van der Waals surface area contributed by atoms with Crippen LogP contribution in [0.2, 0.25) is 0 Å². The largest absolute Gasteiger partial charge is 0.457 e. The first-order valence-corrected chi connectivity index (χ1v) is 19.0.